The van der Waals surface area contributed by atoms with E-state index in [1.807, 2.05) is 5.43 Å². The predicted octanol–water partition coefficient (Wildman–Crippen LogP) is 1.06. The maximum atomic E-state index is 11.2. The molecule has 13 heavy (non-hydrogen) atoms. The average molecular weight is 245 g/mol. The summed E-state index contributed by atoms with van der Waals surface area (Å²) in [7, 11) is 1.49. The molecule has 0 saturated carbocycles. The van der Waals surface area contributed by atoms with Crippen LogP contribution < -0.4 is 16.0 Å². The number of benzene rings is 1. The van der Waals surface area contributed by atoms with Crippen molar-refractivity contribution in [2.75, 3.05) is 7.11 Å². The first kappa shape index (κ1) is 10.0. The summed E-state index contributed by atoms with van der Waals surface area (Å²) in [4.78, 5) is 11.2. The fourth-order valence-electron chi connectivity index (χ4n) is 0.973. The lowest BCUT2D eigenvalue weighted by molar-refractivity contribution is 0.0950. The van der Waals surface area contributed by atoms with Crippen molar-refractivity contribution in [3.8, 4) is 5.75 Å². The highest BCUT2D eigenvalue weighted by Gasteiger charge is 2.12. The SMILES string of the molecule is COc1c(Br)cccc1C(=O)NN. The molecule has 5 heteroatoms. The minimum atomic E-state index is -0.377. The Labute approximate surface area is 84.2 Å². The Bertz CT molecular complexity index is 328. The monoisotopic (exact) mass is 244 g/mol. The van der Waals surface area contributed by atoms with E-state index in [0.717, 1.165) is 4.47 Å². The van der Waals surface area contributed by atoms with Crippen LogP contribution in [0.3, 0.4) is 0 Å². The third-order valence-corrected chi connectivity index (χ3v) is 2.17. The zero-order chi connectivity index (χ0) is 9.84. The molecule has 1 amide bonds. The van der Waals surface area contributed by atoms with Gasteiger partial charge in [-0.2, -0.15) is 0 Å². The first-order valence-corrected chi connectivity index (χ1v) is 4.33. The molecule has 0 spiro atoms. The van der Waals surface area contributed by atoms with Crippen molar-refractivity contribution < 1.29 is 9.53 Å². The molecular weight excluding hydrogens is 236 g/mol. The Balaban J connectivity index is 3.20. The molecule has 0 heterocycles. The third-order valence-electron chi connectivity index (χ3n) is 1.55. The van der Waals surface area contributed by atoms with Crippen LogP contribution in [0.25, 0.3) is 0 Å². The van der Waals surface area contributed by atoms with E-state index in [0.29, 0.717) is 11.3 Å². The fraction of sp³-hybridized carbons (Fsp3) is 0.125. The van der Waals surface area contributed by atoms with Gasteiger partial charge < -0.3 is 4.74 Å². The molecule has 0 fully saturated rings. The van der Waals surface area contributed by atoms with Gasteiger partial charge in [-0.25, -0.2) is 5.84 Å². The van der Waals surface area contributed by atoms with E-state index < -0.39 is 0 Å². The number of hydrazine groups is 1. The summed E-state index contributed by atoms with van der Waals surface area (Å²) in [6, 6.07) is 5.15. The molecule has 0 aliphatic rings. The number of hydrogen-bond acceptors (Lipinski definition) is 3. The Morgan fingerprint density at radius 3 is 2.85 bits per heavy atom. The van der Waals surface area contributed by atoms with Gasteiger partial charge in [-0.15, -0.1) is 0 Å². The number of carbonyl (C=O) groups excluding carboxylic acids is 1. The molecule has 0 unspecified atom stereocenters. The van der Waals surface area contributed by atoms with Gasteiger partial charge in [0.2, 0.25) is 0 Å². The Kier molecular flexibility index (Phi) is 3.27. The van der Waals surface area contributed by atoms with Gasteiger partial charge in [0.15, 0.2) is 0 Å². The molecule has 0 aromatic heterocycles. The maximum absolute atomic E-state index is 11.2. The number of nitrogens with two attached hydrogens (primary N) is 1. The molecule has 4 nitrogen and oxygen atoms in total. The van der Waals surface area contributed by atoms with Crippen LogP contribution in [0, 0.1) is 0 Å². The number of rotatable bonds is 2. The van der Waals surface area contributed by atoms with Crippen molar-refractivity contribution in [2.45, 2.75) is 0 Å². The number of methoxy groups -OCH3 is 1. The van der Waals surface area contributed by atoms with Crippen LogP contribution in [0.15, 0.2) is 22.7 Å². The second-order valence-electron chi connectivity index (χ2n) is 2.29. The van der Waals surface area contributed by atoms with Crippen LogP contribution in [0.1, 0.15) is 10.4 Å². The zero-order valence-corrected chi connectivity index (χ0v) is 8.59. The molecule has 0 radical (unpaired) electrons. The maximum Gasteiger partial charge on any atom is 0.268 e. The summed E-state index contributed by atoms with van der Waals surface area (Å²) in [6.07, 6.45) is 0. The fourth-order valence-corrected chi connectivity index (χ4v) is 1.50. The van der Waals surface area contributed by atoms with E-state index in [9.17, 15) is 4.79 Å². The molecule has 0 aliphatic heterocycles. The van der Waals surface area contributed by atoms with Crippen LogP contribution in [0.4, 0.5) is 0 Å². The molecule has 3 N–H and O–H groups in total. The molecular formula is C8H9BrN2O2. The van der Waals surface area contributed by atoms with Crippen LogP contribution in [-0.2, 0) is 0 Å². The molecule has 0 bridgehead atoms. The lowest BCUT2D eigenvalue weighted by Crippen LogP contribution is -2.30. The largest absolute Gasteiger partial charge is 0.495 e. The van der Waals surface area contributed by atoms with Crippen molar-refractivity contribution >= 4 is 21.8 Å². The van der Waals surface area contributed by atoms with Crippen LogP contribution in [0.2, 0.25) is 0 Å². The standard InChI is InChI=1S/C8H9BrN2O2/c1-13-7-5(8(12)11-10)3-2-4-6(7)9/h2-4H,10H2,1H3,(H,11,12). The van der Waals surface area contributed by atoms with Crippen molar-refractivity contribution in [3.63, 3.8) is 0 Å². The van der Waals surface area contributed by atoms with Crippen molar-refractivity contribution in [1.82, 2.24) is 5.43 Å². The highest BCUT2D eigenvalue weighted by Crippen LogP contribution is 2.28. The van der Waals surface area contributed by atoms with E-state index in [-0.39, 0.29) is 5.91 Å². The summed E-state index contributed by atoms with van der Waals surface area (Å²) in [6.45, 7) is 0. The number of halogens is 1. The molecule has 1 aromatic rings. The van der Waals surface area contributed by atoms with Crippen LogP contribution in [-0.4, -0.2) is 13.0 Å². The third kappa shape index (κ3) is 1.99. The van der Waals surface area contributed by atoms with Crippen LogP contribution in [0.5, 0.6) is 5.75 Å². The number of hydrogen-bond donors (Lipinski definition) is 2. The quantitative estimate of drug-likeness (QED) is 0.465. The summed E-state index contributed by atoms with van der Waals surface area (Å²) in [5, 5.41) is 0. The van der Waals surface area contributed by atoms with Gasteiger partial charge in [-0.3, -0.25) is 10.2 Å². The van der Waals surface area contributed by atoms with E-state index >= 15 is 0 Å². The molecule has 1 rings (SSSR count). The highest BCUT2D eigenvalue weighted by molar-refractivity contribution is 9.10. The van der Waals surface area contributed by atoms with Gasteiger partial charge in [0.25, 0.3) is 5.91 Å². The lowest BCUT2D eigenvalue weighted by atomic mass is 10.2. The number of nitrogens with one attached hydrogen (secondary N) is 1. The first-order valence-electron chi connectivity index (χ1n) is 3.54. The van der Waals surface area contributed by atoms with E-state index in [1.165, 1.54) is 7.11 Å². The van der Waals surface area contributed by atoms with Crippen molar-refractivity contribution in [3.05, 3.63) is 28.2 Å². The topological polar surface area (TPSA) is 64.3 Å². The Hall–Kier alpha value is -1.07. The van der Waals surface area contributed by atoms with Gasteiger partial charge in [0, 0.05) is 0 Å². The van der Waals surface area contributed by atoms with E-state index in [4.69, 9.17) is 10.6 Å². The number of ether oxygens (including phenoxy) is 1. The van der Waals surface area contributed by atoms with Crippen molar-refractivity contribution in [2.24, 2.45) is 5.84 Å². The first-order chi connectivity index (χ1) is 6.20. The van der Waals surface area contributed by atoms with Gasteiger partial charge in [-0.05, 0) is 28.1 Å². The van der Waals surface area contributed by atoms with Gasteiger partial charge in [0.05, 0.1) is 17.1 Å². The highest BCUT2D eigenvalue weighted by atomic mass is 79.9. The molecule has 70 valence electrons. The van der Waals surface area contributed by atoms with Gasteiger partial charge in [0.1, 0.15) is 5.75 Å². The molecule has 1 aromatic carbocycles. The molecule has 0 aliphatic carbocycles. The van der Waals surface area contributed by atoms with Crippen molar-refractivity contribution in [1.29, 1.82) is 0 Å². The predicted molar refractivity (Wildman–Crippen MR) is 52.3 cm³/mol. The van der Waals surface area contributed by atoms with Crippen LogP contribution >= 0.6 is 15.9 Å². The normalized spacial score (nSPS) is 9.46. The second kappa shape index (κ2) is 4.25. The zero-order valence-electron chi connectivity index (χ0n) is 7.00. The van der Waals surface area contributed by atoms with E-state index in [2.05, 4.69) is 15.9 Å². The van der Waals surface area contributed by atoms with Gasteiger partial charge in [-0.1, -0.05) is 6.07 Å². The minimum absolute atomic E-state index is 0.377. The number of para-hydroxylation sites is 1. The molecule has 0 saturated heterocycles. The average Bonchev–Trinajstić information content (AvgIpc) is 2.16. The van der Waals surface area contributed by atoms with E-state index in [1.54, 1.807) is 18.2 Å². The Morgan fingerprint density at radius 1 is 1.62 bits per heavy atom. The smallest absolute Gasteiger partial charge is 0.268 e. The molecule has 0 atom stereocenters. The number of nitrogen functional groups attached to an aromatic ring is 1. The summed E-state index contributed by atoms with van der Waals surface area (Å²) >= 11 is 3.26. The number of amides is 1. The minimum Gasteiger partial charge on any atom is -0.495 e. The number of carbonyl (C=O) groups is 1. The Morgan fingerprint density at radius 2 is 2.31 bits per heavy atom. The summed E-state index contributed by atoms with van der Waals surface area (Å²) in [5.74, 6) is 5.11. The summed E-state index contributed by atoms with van der Waals surface area (Å²) < 4.78 is 5.75. The second-order valence-corrected chi connectivity index (χ2v) is 3.15. The van der Waals surface area contributed by atoms with Gasteiger partial charge >= 0.3 is 0 Å². The summed E-state index contributed by atoms with van der Waals surface area (Å²) in [5.41, 5.74) is 2.45. The lowest BCUT2D eigenvalue weighted by Gasteiger charge is -2.08.